The van der Waals surface area contributed by atoms with Crippen LogP contribution in [0.3, 0.4) is 0 Å². The first kappa shape index (κ1) is 43.3. The fraction of sp³-hybridized carbons (Fsp3) is 0.364. The van der Waals surface area contributed by atoms with E-state index in [1.807, 2.05) is 42.5 Å². The Labute approximate surface area is 365 Å². The smallest absolute Gasteiger partial charge is 0.484 e. The van der Waals surface area contributed by atoms with Crippen molar-refractivity contribution in [3.63, 3.8) is 0 Å². The molecular weight excluding hydrogens is 869 g/mol. The van der Waals surface area contributed by atoms with Crippen LogP contribution in [-0.4, -0.2) is 102 Å². The van der Waals surface area contributed by atoms with Gasteiger partial charge in [-0.15, -0.1) is 0 Å². The lowest BCUT2D eigenvalue weighted by Crippen LogP contribution is -2.55. The maximum absolute atomic E-state index is 13.8. The summed E-state index contributed by atoms with van der Waals surface area (Å²) in [4.78, 5) is 38.4. The first-order valence-electron chi connectivity index (χ1n) is 20.2. The minimum absolute atomic E-state index is 0.109. The summed E-state index contributed by atoms with van der Waals surface area (Å²) in [6.45, 7) is 2.29. The van der Waals surface area contributed by atoms with Gasteiger partial charge in [0.2, 0.25) is 0 Å². The van der Waals surface area contributed by atoms with Gasteiger partial charge in [0.15, 0.2) is 23.0 Å². The number of fused-ring (bicyclic) bond motifs is 4. The number of hydrogen-bond donors (Lipinski definition) is 4. The Kier molecular flexibility index (Phi) is 11.7. The fourth-order valence-corrected chi connectivity index (χ4v) is 9.47. The van der Waals surface area contributed by atoms with Crippen molar-refractivity contribution in [1.29, 1.82) is 0 Å². The number of likely N-dealkylation sites (N-methyl/N-ethyl adjacent to an activating group) is 2. The van der Waals surface area contributed by atoms with E-state index in [2.05, 4.69) is 25.9 Å². The molecule has 14 nitrogen and oxygen atoms in total. The van der Waals surface area contributed by atoms with Gasteiger partial charge in [0.1, 0.15) is 34.3 Å². The Morgan fingerprint density at radius 3 is 1.65 bits per heavy atom. The first-order valence-corrected chi connectivity index (χ1v) is 21.0. The van der Waals surface area contributed by atoms with E-state index >= 15 is 0 Å². The second kappa shape index (κ2) is 16.7. The van der Waals surface area contributed by atoms with Crippen LogP contribution in [0.1, 0.15) is 49.7 Å². The number of ether oxygens (including phenoxy) is 4. The maximum atomic E-state index is 13.8. The molecule has 4 aromatic carbocycles. The van der Waals surface area contributed by atoms with Gasteiger partial charge in [-0.25, -0.2) is 18.8 Å². The van der Waals surface area contributed by atoms with Crippen LogP contribution in [0.2, 0.25) is 0 Å². The number of nitrogens with zero attached hydrogens (tertiary/aromatic N) is 4. The number of guanidine groups is 2. The van der Waals surface area contributed by atoms with Crippen molar-refractivity contribution in [1.82, 2.24) is 9.80 Å². The van der Waals surface area contributed by atoms with Crippen molar-refractivity contribution in [2.75, 3.05) is 40.5 Å². The van der Waals surface area contributed by atoms with E-state index in [-0.39, 0.29) is 35.0 Å². The molecular formula is C44H46BBrF2N6O8. The number of carbonyl (C=O) groups excluding carboxylic acids is 2. The predicted octanol–water partition coefficient (Wildman–Crippen LogP) is 4.07. The maximum Gasteiger partial charge on any atom is 0.488 e. The second-order valence-electron chi connectivity index (χ2n) is 16.4. The molecule has 62 heavy (non-hydrogen) atoms. The average molecular weight is 916 g/mol. The zero-order valence-corrected chi connectivity index (χ0v) is 35.7. The summed E-state index contributed by atoms with van der Waals surface area (Å²) in [6, 6.07) is 22.8. The highest BCUT2D eigenvalue weighted by Gasteiger charge is 2.60. The van der Waals surface area contributed by atoms with E-state index in [4.69, 9.17) is 40.5 Å². The van der Waals surface area contributed by atoms with Gasteiger partial charge in [0, 0.05) is 55.8 Å². The Bertz CT molecular complexity index is 2470. The molecule has 6 aliphatic heterocycles. The molecule has 2 amide bonds. The van der Waals surface area contributed by atoms with Gasteiger partial charge in [-0.2, -0.15) is 0 Å². The molecule has 324 valence electrons. The lowest BCUT2D eigenvalue weighted by Gasteiger charge is -2.46. The minimum Gasteiger partial charge on any atom is -0.484 e. The Morgan fingerprint density at radius 2 is 1.19 bits per heavy atom. The standard InChI is InChI=1S/C22H22FN3O3.C16H18BrN3O3.C6H6BFO2/c1-26-19(27)22(25-20(26)24)12-21(8-3-9-28-13-21)29-18-7-6-15(11-17(18)22)14-4-2-5-16(23)10-14;1-20-13(21)16(19-14(20)18)8-15(5-2-6-22-9-15)23-12-4-3-10(17)7-11(12)16;8-6-3-1-2-5(4-6)7(9)10/h2,4-7,10-11H,3,8-9,12-13H2,1H3,(H2,24,25);3-4,7H,2,5-6,8-9H2,1H3,(H2,18,19);1-4,9-10H. The van der Waals surface area contributed by atoms with Crippen LogP contribution < -0.4 is 26.4 Å². The molecule has 4 atom stereocenters. The van der Waals surface area contributed by atoms with Gasteiger partial charge in [-0.1, -0.05) is 46.3 Å². The highest BCUT2D eigenvalue weighted by atomic mass is 79.9. The zero-order chi connectivity index (χ0) is 44.0. The average Bonchev–Trinajstić information content (AvgIpc) is 3.59. The van der Waals surface area contributed by atoms with Gasteiger partial charge in [-0.05, 0) is 96.9 Å². The number of carbonyl (C=O) groups is 2. The number of halogens is 3. The monoisotopic (exact) mass is 914 g/mol. The molecule has 2 fully saturated rings. The quantitative estimate of drug-likeness (QED) is 0.213. The number of aliphatic imine (C=N–C) groups is 2. The molecule has 0 radical (unpaired) electrons. The second-order valence-corrected chi connectivity index (χ2v) is 17.3. The SMILES string of the molecule is CN1C(=O)C2(CC3(CCCOC3)Oc3ccc(-c4cccc(F)c4)cc32)N=C1N.CN1C(=O)C2(CC3(CCCOC3)Oc3ccc(Br)cc32)N=C1N.OB(O)c1cccc(F)c1. The van der Waals surface area contributed by atoms with Crippen molar-refractivity contribution < 1.29 is 47.4 Å². The molecule has 6 heterocycles. The molecule has 6 N–H and O–H groups in total. The van der Waals surface area contributed by atoms with Gasteiger partial charge < -0.3 is 40.5 Å². The number of benzene rings is 4. The van der Waals surface area contributed by atoms with Crippen LogP contribution in [0.15, 0.2) is 99.4 Å². The van der Waals surface area contributed by atoms with E-state index in [1.165, 1.54) is 40.1 Å². The number of hydrogen-bond acceptors (Lipinski definition) is 12. The van der Waals surface area contributed by atoms with Crippen LogP contribution in [0.5, 0.6) is 11.5 Å². The molecule has 2 saturated heterocycles. The van der Waals surface area contributed by atoms with Crippen LogP contribution in [0.4, 0.5) is 8.78 Å². The summed E-state index contributed by atoms with van der Waals surface area (Å²) < 4.78 is 51.0. The van der Waals surface area contributed by atoms with Crippen LogP contribution in [0, 0.1) is 11.6 Å². The molecule has 10 rings (SSSR count). The number of rotatable bonds is 2. The summed E-state index contributed by atoms with van der Waals surface area (Å²) in [7, 11) is 1.70. The van der Waals surface area contributed by atoms with E-state index in [0.29, 0.717) is 49.7 Å². The lowest BCUT2D eigenvalue weighted by atomic mass is 9.74. The normalized spacial score (nSPS) is 27.0. The van der Waals surface area contributed by atoms with Crippen LogP contribution in [0.25, 0.3) is 11.1 Å². The van der Waals surface area contributed by atoms with Crippen LogP contribution >= 0.6 is 15.9 Å². The zero-order valence-electron chi connectivity index (χ0n) is 34.2. The predicted molar refractivity (Wildman–Crippen MR) is 230 cm³/mol. The fourth-order valence-electron chi connectivity index (χ4n) is 9.11. The van der Waals surface area contributed by atoms with Crippen molar-refractivity contribution in [2.24, 2.45) is 21.5 Å². The molecule has 4 spiro atoms. The molecule has 18 heteroatoms. The van der Waals surface area contributed by atoms with Gasteiger partial charge >= 0.3 is 7.12 Å². The topological polar surface area (TPSA) is 195 Å². The number of nitrogens with two attached hydrogens (primary N) is 2. The summed E-state index contributed by atoms with van der Waals surface area (Å²) in [5.74, 6) is 0.644. The highest BCUT2D eigenvalue weighted by Crippen LogP contribution is 2.53. The van der Waals surface area contributed by atoms with E-state index < -0.39 is 35.2 Å². The van der Waals surface area contributed by atoms with Crippen molar-refractivity contribution in [2.45, 2.75) is 60.8 Å². The summed E-state index contributed by atoms with van der Waals surface area (Å²) in [5.41, 5.74) is 11.8. The molecule has 0 saturated carbocycles. The Hall–Kier alpha value is -5.40. The molecule has 6 aliphatic rings. The molecule has 0 aromatic heterocycles. The molecule has 4 unspecified atom stereocenters. The summed E-state index contributed by atoms with van der Waals surface area (Å²) in [6.07, 6.45) is 4.21. The largest absolute Gasteiger partial charge is 0.488 e. The van der Waals surface area contributed by atoms with Gasteiger partial charge in [0.05, 0.1) is 13.2 Å². The highest BCUT2D eigenvalue weighted by molar-refractivity contribution is 9.10. The van der Waals surface area contributed by atoms with Crippen molar-refractivity contribution >= 4 is 52.2 Å². The first-order chi connectivity index (χ1) is 29.6. The molecule has 4 aromatic rings. The molecule has 0 aliphatic carbocycles. The summed E-state index contributed by atoms with van der Waals surface area (Å²) >= 11 is 3.47. The van der Waals surface area contributed by atoms with Gasteiger partial charge in [-0.3, -0.25) is 19.4 Å². The van der Waals surface area contributed by atoms with E-state index in [1.54, 1.807) is 20.2 Å². The minimum atomic E-state index is -1.59. The Balaban J connectivity index is 0.000000143. The van der Waals surface area contributed by atoms with E-state index in [9.17, 15) is 18.4 Å². The van der Waals surface area contributed by atoms with Crippen LogP contribution in [-0.2, 0) is 30.1 Å². The molecule has 0 bridgehead atoms. The third-order valence-electron chi connectivity index (χ3n) is 12.1. The Morgan fingerprint density at radius 1 is 0.694 bits per heavy atom. The summed E-state index contributed by atoms with van der Waals surface area (Å²) in [5, 5.41) is 17.1. The van der Waals surface area contributed by atoms with E-state index in [0.717, 1.165) is 59.5 Å². The third kappa shape index (κ3) is 7.94. The van der Waals surface area contributed by atoms with Crippen molar-refractivity contribution in [3.05, 3.63) is 112 Å². The third-order valence-corrected chi connectivity index (χ3v) is 12.6. The van der Waals surface area contributed by atoms with Gasteiger partial charge in [0.25, 0.3) is 11.8 Å². The number of amides is 2. The van der Waals surface area contributed by atoms with Crippen molar-refractivity contribution in [3.8, 4) is 22.6 Å². The lowest BCUT2D eigenvalue weighted by molar-refractivity contribution is -0.139.